The van der Waals surface area contributed by atoms with E-state index in [1.807, 2.05) is 18.7 Å². The second-order valence-corrected chi connectivity index (χ2v) is 8.83. The second-order valence-electron chi connectivity index (χ2n) is 6.32. The SMILES string of the molecule is CCC1(CC)CN(c2nccn(C3CC3)c2=O)CCS1(=O)=O. The molecule has 0 atom stereocenters. The number of nitrogens with zero attached hydrogens (tertiary/aromatic N) is 3. The molecule has 2 fully saturated rings. The van der Waals surface area contributed by atoms with Crippen LogP contribution in [0.2, 0.25) is 0 Å². The van der Waals surface area contributed by atoms with E-state index in [9.17, 15) is 13.2 Å². The number of sulfone groups is 1. The number of hydrogen-bond acceptors (Lipinski definition) is 5. The Morgan fingerprint density at radius 2 is 2.00 bits per heavy atom. The van der Waals surface area contributed by atoms with E-state index in [-0.39, 0.29) is 11.3 Å². The number of aromatic nitrogens is 2. The fraction of sp³-hybridized carbons (Fsp3) is 0.733. The summed E-state index contributed by atoms with van der Waals surface area (Å²) in [5, 5.41) is 0. The summed E-state index contributed by atoms with van der Waals surface area (Å²) in [5.74, 6) is 0.490. The minimum absolute atomic E-state index is 0.0914. The first-order valence-corrected chi connectivity index (χ1v) is 9.64. The molecule has 0 radical (unpaired) electrons. The topological polar surface area (TPSA) is 72.3 Å². The Kier molecular flexibility index (Phi) is 3.79. The molecule has 0 spiro atoms. The molecular weight excluding hydrogens is 302 g/mol. The van der Waals surface area contributed by atoms with E-state index in [2.05, 4.69) is 4.98 Å². The van der Waals surface area contributed by atoms with Gasteiger partial charge in [-0.3, -0.25) is 4.79 Å². The van der Waals surface area contributed by atoms with Crippen LogP contribution in [0.4, 0.5) is 5.82 Å². The second kappa shape index (κ2) is 5.37. The van der Waals surface area contributed by atoms with E-state index in [1.165, 1.54) is 0 Å². The van der Waals surface area contributed by atoms with E-state index < -0.39 is 14.6 Å². The number of hydrogen-bond donors (Lipinski definition) is 0. The minimum atomic E-state index is -3.13. The molecule has 0 N–H and O–H groups in total. The van der Waals surface area contributed by atoms with Gasteiger partial charge in [-0.2, -0.15) is 0 Å². The van der Waals surface area contributed by atoms with Crippen LogP contribution in [-0.4, -0.2) is 41.6 Å². The molecule has 0 aromatic carbocycles. The molecule has 7 heteroatoms. The van der Waals surface area contributed by atoms with Gasteiger partial charge >= 0.3 is 0 Å². The van der Waals surface area contributed by atoms with Crippen molar-refractivity contribution in [3.05, 3.63) is 22.7 Å². The molecule has 1 aromatic heterocycles. The van der Waals surface area contributed by atoms with Gasteiger partial charge in [-0.05, 0) is 25.7 Å². The van der Waals surface area contributed by atoms with E-state index in [4.69, 9.17) is 0 Å². The molecular formula is C15H23N3O3S. The maximum atomic E-state index is 12.6. The zero-order valence-corrected chi connectivity index (χ0v) is 14.0. The van der Waals surface area contributed by atoms with Crippen molar-refractivity contribution in [1.29, 1.82) is 0 Å². The summed E-state index contributed by atoms with van der Waals surface area (Å²) in [6, 6.07) is 0.296. The van der Waals surface area contributed by atoms with Crippen molar-refractivity contribution in [1.82, 2.24) is 9.55 Å². The summed E-state index contributed by atoms with van der Waals surface area (Å²) in [5.41, 5.74) is -0.0922. The van der Waals surface area contributed by atoms with Gasteiger partial charge in [0.05, 0.1) is 10.5 Å². The molecule has 1 saturated carbocycles. The predicted molar refractivity (Wildman–Crippen MR) is 86.1 cm³/mol. The molecule has 6 nitrogen and oxygen atoms in total. The molecule has 3 rings (SSSR count). The fourth-order valence-electron chi connectivity index (χ4n) is 3.34. The van der Waals surface area contributed by atoms with Crippen LogP contribution in [0, 0.1) is 0 Å². The van der Waals surface area contributed by atoms with Crippen LogP contribution in [0.3, 0.4) is 0 Å². The Bertz CT molecular complexity index is 718. The normalized spacial score (nSPS) is 23.5. The monoisotopic (exact) mass is 325 g/mol. The quantitative estimate of drug-likeness (QED) is 0.836. The summed E-state index contributed by atoms with van der Waals surface area (Å²) in [6.45, 7) is 4.52. The zero-order chi connectivity index (χ0) is 16.0. The lowest BCUT2D eigenvalue weighted by atomic mass is 10.0. The molecule has 1 aliphatic carbocycles. The Labute approximate surface area is 131 Å². The van der Waals surface area contributed by atoms with Crippen LogP contribution < -0.4 is 10.5 Å². The first-order valence-electron chi connectivity index (χ1n) is 7.98. The Morgan fingerprint density at radius 1 is 1.32 bits per heavy atom. The maximum absolute atomic E-state index is 12.6. The van der Waals surface area contributed by atoms with Gasteiger partial charge in [-0.15, -0.1) is 0 Å². The van der Waals surface area contributed by atoms with E-state index in [0.29, 0.717) is 37.8 Å². The maximum Gasteiger partial charge on any atom is 0.293 e. The summed E-state index contributed by atoms with van der Waals surface area (Å²) in [7, 11) is -3.13. The lowest BCUT2D eigenvalue weighted by Gasteiger charge is -2.41. The van der Waals surface area contributed by atoms with E-state index in [0.717, 1.165) is 12.8 Å². The standard InChI is InChI=1S/C15H23N3O3S/c1-3-15(4-2)11-17(9-10-22(15,20)21)13-14(19)18(8-7-16-13)12-5-6-12/h7-8,12H,3-6,9-11H2,1-2H3. The van der Waals surface area contributed by atoms with Gasteiger partial charge in [0.25, 0.3) is 5.56 Å². The highest BCUT2D eigenvalue weighted by Crippen LogP contribution is 2.35. The number of anilines is 1. The van der Waals surface area contributed by atoms with Crippen LogP contribution in [0.5, 0.6) is 0 Å². The number of rotatable bonds is 4. The van der Waals surface area contributed by atoms with Gasteiger partial charge in [-0.25, -0.2) is 13.4 Å². The Balaban J connectivity index is 1.97. The van der Waals surface area contributed by atoms with Gasteiger partial charge in [0, 0.05) is 31.5 Å². The minimum Gasteiger partial charge on any atom is -0.349 e. The molecule has 1 saturated heterocycles. The van der Waals surface area contributed by atoms with Gasteiger partial charge in [0.15, 0.2) is 15.7 Å². The summed E-state index contributed by atoms with van der Waals surface area (Å²) < 4.78 is 25.9. The van der Waals surface area contributed by atoms with Crippen molar-refractivity contribution < 1.29 is 8.42 Å². The molecule has 122 valence electrons. The van der Waals surface area contributed by atoms with Crippen LogP contribution in [0.1, 0.15) is 45.6 Å². The Hall–Kier alpha value is -1.37. The molecule has 0 unspecified atom stereocenters. The van der Waals surface area contributed by atoms with Crippen molar-refractivity contribution in [2.45, 2.75) is 50.3 Å². The zero-order valence-electron chi connectivity index (χ0n) is 13.2. The first kappa shape index (κ1) is 15.5. The molecule has 2 aliphatic rings. The highest BCUT2D eigenvalue weighted by molar-refractivity contribution is 7.92. The third kappa shape index (κ3) is 2.35. The van der Waals surface area contributed by atoms with Crippen molar-refractivity contribution in [2.24, 2.45) is 0 Å². The fourth-order valence-corrected chi connectivity index (χ4v) is 5.46. The molecule has 0 bridgehead atoms. The average molecular weight is 325 g/mol. The predicted octanol–water partition coefficient (Wildman–Crippen LogP) is 1.37. The van der Waals surface area contributed by atoms with Crippen LogP contribution in [-0.2, 0) is 9.84 Å². The molecule has 1 aliphatic heterocycles. The van der Waals surface area contributed by atoms with Crippen molar-refractivity contribution in [3.63, 3.8) is 0 Å². The van der Waals surface area contributed by atoms with Crippen LogP contribution >= 0.6 is 0 Å². The van der Waals surface area contributed by atoms with Crippen LogP contribution in [0.15, 0.2) is 17.2 Å². The van der Waals surface area contributed by atoms with Gasteiger partial charge in [0.2, 0.25) is 0 Å². The molecule has 1 aromatic rings. The molecule has 0 amide bonds. The summed E-state index contributed by atoms with van der Waals surface area (Å²) in [6.07, 6.45) is 6.57. The van der Waals surface area contributed by atoms with E-state index in [1.54, 1.807) is 17.0 Å². The van der Waals surface area contributed by atoms with Crippen molar-refractivity contribution >= 4 is 15.7 Å². The van der Waals surface area contributed by atoms with Crippen molar-refractivity contribution in [2.75, 3.05) is 23.7 Å². The molecule has 2 heterocycles. The van der Waals surface area contributed by atoms with Gasteiger partial charge in [-0.1, -0.05) is 13.8 Å². The van der Waals surface area contributed by atoms with Gasteiger partial charge in [0.1, 0.15) is 0 Å². The lowest BCUT2D eigenvalue weighted by molar-refractivity contribution is 0.456. The van der Waals surface area contributed by atoms with Crippen molar-refractivity contribution in [3.8, 4) is 0 Å². The highest BCUT2D eigenvalue weighted by Gasteiger charge is 2.46. The third-order valence-corrected chi connectivity index (χ3v) is 7.89. The van der Waals surface area contributed by atoms with Gasteiger partial charge < -0.3 is 9.47 Å². The Morgan fingerprint density at radius 3 is 2.59 bits per heavy atom. The third-order valence-electron chi connectivity index (χ3n) is 5.15. The first-order chi connectivity index (χ1) is 10.4. The summed E-state index contributed by atoms with van der Waals surface area (Å²) in [4.78, 5) is 18.7. The average Bonchev–Trinajstić information content (AvgIpc) is 3.33. The smallest absolute Gasteiger partial charge is 0.293 e. The highest BCUT2D eigenvalue weighted by atomic mass is 32.2. The van der Waals surface area contributed by atoms with E-state index >= 15 is 0 Å². The lowest BCUT2D eigenvalue weighted by Crippen LogP contribution is -2.57. The largest absolute Gasteiger partial charge is 0.349 e. The molecule has 22 heavy (non-hydrogen) atoms. The van der Waals surface area contributed by atoms with Crippen LogP contribution in [0.25, 0.3) is 0 Å². The summed E-state index contributed by atoms with van der Waals surface area (Å²) >= 11 is 0.